The Morgan fingerprint density at radius 3 is 2.64 bits per heavy atom. The van der Waals surface area contributed by atoms with Gasteiger partial charge in [0, 0.05) is 24.7 Å². The summed E-state index contributed by atoms with van der Waals surface area (Å²) in [5, 5.41) is 3.08. The van der Waals surface area contributed by atoms with Crippen molar-refractivity contribution in [3.05, 3.63) is 41.4 Å². The standard InChI is InChI=1S/C18H21ClN2O4/c1-3-16(22)21-9-7-12(8-10-21)17(23)20-13-5-6-15(19)14(11-13)18(24)25-4-2/h3,5-6,11-12H,1,4,7-10H2,2H3,(H,20,23). The van der Waals surface area contributed by atoms with E-state index in [-0.39, 0.29) is 34.9 Å². The average Bonchev–Trinajstić information content (AvgIpc) is 2.62. The molecule has 2 amide bonds. The highest BCUT2D eigenvalue weighted by atomic mass is 35.5. The topological polar surface area (TPSA) is 75.7 Å². The highest BCUT2D eigenvalue weighted by Gasteiger charge is 2.26. The van der Waals surface area contributed by atoms with Gasteiger partial charge in [0.05, 0.1) is 17.2 Å². The predicted octanol–water partition coefficient (Wildman–Crippen LogP) is 2.88. The number of esters is 1. The molecule has 1 N–H and O–H groups in total. The van der Waals surface area contributed by atoms with Crippen LogP contribution in [0.25, 0.3) is 0 Å². The first-order valence-electron chi connectivity index (χ1n) is 8.15. The van der Waals surface area contributed by atoms with Crippen LogP contribution in [0, 0.1) is 5.92 Å². The van der Waals surface area contributed by atoms with Gasteiger partial charge in [-0.3, -0.25) is 9.59 Å². The van der Waals surface area contributed by atoms with Crippen molar-refractivity contribution in [2.24, 2.45) is 5.92 Å². The summed E-state index contributed by atoms with van der Waals surface area (Å²) in [6.07, 6.45) is 2.46. The van der Waals surface area contributed by atoms with Gasteiger partial charge in [-0.15, -0.1) is 0 Å². The number of anilines is 1. The molecule has 1 aliphatic rings. The minimum atomic E-state index is -0.528. The molecule has 0 aromatic heterocycles. The van der Waals surface area contributed by atoms with Gasteiger partial charge < -0.3 is 15.0 Å². The first kappa shape index (κ1) is 19.0. The molecule has 1 aromatic carbocycles. The molecule has 0 unspecified atom stereocenters. The van der Waals surface area contributed by atoms with E-state index in [4.69, 9.17) is 16.3 Å². The molecule has 1 aromatic rings. The van der Waals surface area contributed by atoms with Gasteiger partial charge in [-0.2, -0.15) is 0 Å². The number of carbonyl (C=O) groups excluding carboxylic acids is 3. The van der Waals surface area contributed by atoms with Crippen molar-refractivity contribution >= 4 is 35.1 Å². The fraction of sp³-hybridized carbons (Fsp3) is 0.389. The molecule has 134 valence electrons. The lowest BCUT2D eigenvalue weighted by Crippen LogP contribution is -2.40. The van der Waals surface area contributed by atoms with E-state index in [0.717, 1.165) is 0 Å². The van der Waals surface area contributed by atoms with Gasteiger partial charge in [0.25, 0.3) is 0 Å². The van der Waals surface area contributed by atoms with Crippen LogP contribution in [0.3, 0.4) is 0 Å². The monoisotopic (exact) mass is 364 g/mol. The van der Waals surface area contributed by atoms with Crippen LogP contribution in [0.1, 0.15) is 30.1 Å². The normalized spacial score (nSPS) is 14.7. The third kappa shape index (κ3) is 4.82. The zero-order chi connectivity index (χ0) is 18.4. The van der Waals surface area contributed by atoms with Crippen LogP contribution in [0.15, 0.2) is 30.9 Å². The van der Waals surface area contributed by atoms with Gasteiger partial charge in [0.15, 0.2) is 0 Å². The number of ether oxygens (including phenoxy) is 1. The molecule has 1 aliphatic heterocycles. The Balaban J connectivity index is 1.99. The second-order valence-electron chi connectivity index (χ2n) is 5.71. The Hall–Kier alpha value is -2.34. The number of piperidine rings is 1. The minimum absolute atomic E-state index is 0.115. The Labute approximate surface area is 151 Å². The molecule has 0 atom stereocenters. The Kier molecular flexibility index (Phi) is 6.58. The highest BCUT2D eigenvalue weighted by Crippen LogP contribution is 2.24. The van der Waals surface area contributed by atoms with E-state index in [1.54, 1.807) is 24.0 Å². The molecule has 0 bridgehead atoms. The summed E-state index contributed by atoms with van der Waals surface area (Å²) in [5.41, 5.74) is 0.703. The lowest BCUT2D eigenvalue weighted by Gasteiger charge is -2.30. The molecule has 1 saturated heterocycles. The van der Waals surface area contributed by atoms with Crippen molar-refractivity contribution in [1.29, 1.82) is 0 Å². The Morgan fingerprint density at radius 2 is 2.04 bits per heavy atom. The van der Waals surface area contributed by atoms with Crippen molar-refractivity contribution in [1.82, 2.24) is 4.90 Å². The summed E-state index contributed by atoms with van der Waals surface area (Å²) in [4.78, 5) is 37.5. The smallest absolute Gasteiger partial charge is 0.339 e. The van der Waals surface area contributed by atoms with E-state index in [1.807, 2.05) is 0 Å². The molecule has 6 nitrogen and oxygen atoms in total. The van der Waals surface area contributed by atoms with Crippen molar-refractivity contribution in [3.8, 4) is 0 Å². The molecule has 0 radical (unpaired) electrons. The zero-order valence-corrected chi connectivity index (χ0v) is 14.8. The van der Waals surface area contributed by atoms with E-state index in [0.29, 0.717) is 31.6 Å². The SMILES string of the molecule is C=CC(=O)N1CCC(C(=O)Nc2ccc(Cl)c(C(=O)OCC)c2)CC1. The van der Waals surface area contributed by atoms with Crippen LogP contribution in [0.4, 0.5) is 5.69 Å². The summed E-state index contributed by atoms with van der Waals surface area (Å²) in [7, 11) is 0. The van der Waals surface area contributed by atoms with E-state index in [2.05, 4.69) is 11.9 Å². The van der Waals surface area contributed by atoms with E-state index < -0.39 is 5.97 Å². The molecule has 25 heavy (non-hydrogen) atoms. The highest BCUT2D eigenvalue weighted by molar-refractivity contribution is 6.33. The van der Waals surface area contributed by atoms with Gasteiger partial charge in [-0.1, -0.05) is 18.2 Å². The number of nitrogens with zero attached hydrogens (tertiary/aromatic N) is 1. The number of likely N-dealkylation sites (tertiary alicyclic amines) is 1. The fourth-order valence-corrected chi connectivity index (χ4v) is 2.90. The van der Waals surface area contributed by atoms with Gasteiger partial charge in [0.1, 0.15) is 0 Å². The largest absolute Gasteiger partial charge is 0.462 e. The van der Waals surface area contributed by atoms with Gasteiger partial charge in [-0.25, -0.2) is 4.79 Å². The van der Waals surface area contributed by atoms with Crippen molar-refractivity contribution in [3.63, 3.8) is 0 Å². The van der Waals surface area contributed by atoms with E-state index in [9.17, 15) is 14.4 Å². The maximum absolute atomic E-state index is 12.4. The van der Waals surface area contributed by atoms with Crippen LogP contribution in [0.5, 0.6) is 0 Å². The third-order valence-electron chi connectivity index (χ3n) is 4.08. The maximum atomic E-state index is 12.4. The van der Waals surface area contributed by atoms with Crippen LogP contribution in [-0.4, -0.2) is 42.4 Å². The van der Waals surface area contributed by atoms with Crippen molar-refractivity contribution in [2.45, 2.75) is 19.8 Å². The summed E-state index contributed by atoms with van der Waals surface area (Å²) in [5.74, 6) is -0.964. The molecule has 2 rings (SSSR count). The lowest BCUT2D eigenvalue weighted by molar-refractivity contribution is -0.130. The summed E-state index contributed by atoms with van der Waals surface area (Å²) in [6.45, 7) is 6.47. The molecule has 0 saturated carbocycles. The van der Waals surface area contributed by atoms with Gasteiger partial charge in [-0.05, 0) is 44.0 Å². The number of rotatable bonds is 5. The summed E-state index contributed by atoms with van der Waals surface area (Å²) >= 11 is 6.01. The van der Waals surface area contributed by atoms with Crippen LogP contribution in [0.2, 0.25) is 5.02 Å². The first-order chi connectivity index (χ1) is 12.0. The first-order valence-corrected chi connectivity index (χ1v) is 8.53. The fourth-order valence-electron chi connectivity index (χ4n) is 2.70. The van der Waals surface area contributed by atoms with Crippen molar-refractivity contribution in [2.75, 3.05) is 25.0 Å². The van der Waals surface area contributed by atoms with E-state index in [1.165, 1.54) is 12.1 Å². The number of hydrogen-bond acceptors (Lipinski definition) is 4. The van der Waals surface area contributed by atoms with E-state index >= 15 is 0 Å². The average molecular weight is 365 g/mol. The van der Waals surface area contributed by atoms with Crippen molar-refractivity contribution < 1.29 is 19.1 Å². The second kappa shape index (κ2) is 8.67. The quantitative estimate of drug-likeness (QED) is 0.644. The van der Waals surface area contributed by atoms with Crippen LogP contribution in [-0.2, 0) is 14.3 Å². The van der Waals surface area contributed by atoms with Crippen LogP contribution < -0.4 is 5.32 Å². The molecule has 7 heteroatoms. The maximum Gasteiger partial charge on any atom is 0.339 e. The molecule has 1 heterocycles. The minimum Gasteiger partial charge on any atom is -0.462 e. The molecule has 0 aliphatic carbocycles. The number of halogens is 1. The number of carbonyl (C=O) groups is 3. The number of hydrogen-bond donors (Lipinski definition) is 1. The molecule has 1 fully saturated rings. The zero-order valence-electron chi connectivity index (χ0n) is 14.1. The number of benzene rings is 1. The van der Waals surface area contributed by atoms with Crippen LogP contribution >= 0.6 is 11.6 Å². The summed E-state index contributed by atoms with van der Waals surface area (Å²) in [6, 6.07) is 4.70. The Bertz CT molecular complexity index is 682. The molecular formula is C18H21ClN2O4. The molecular weight excluding hydrogens is 344 g/mol. The Morgan fingerprint density at radius 1 is 1.36 bits per heavy atom. The number of nitrogens with one attached hydrogen (secondary N) is 1. The molecule has 0 spiro atoms. The summed E-state index contributed by atoms with van der Waals surface area (Å²) < 4.78 is 4.95. The van der Waals surface area contributed by atoms with Gasteiger partial charge in [0.2, 0.25) is 11.8 Å². The third-order valence-corrected chi connectivity index (χ3v) is 4.41. The van der Waals surface area contributed by atoms with Gasteiger partial charge >= 0.3 is 5.97 Å². The lowest BCUT2D eigenvalue weighted by atomic mass is 9.95. The predicted molar refractivity (Wildman–Crippen MR) is 95.5 cm³/mol. The second-order valence-corrected chi connectivity index (χ2v) is 6.12. The number of amides is 2.